The summed E-state index contributed by atoms with van der Waals surface area (Å²) in [4.78, 5) is 11.5. The molecule has 0 saturated heterocycles. The third-order valence-electron chi connectivity index (χ3n) is 2.34. The van der Waals surface area contributed by atoms with Crippen LogP contribution in [0.3, 0.4) is 0 Å². The Morgan fingerprint density at radius 3 is 2.33 bits per heavy atom. The van der Waals surface area contributed by atoms with Crippen LogP contribution in [0.15, 0.2) is 0 Å². The molecule has 0 saturated carbocycles. The molecule has 1 amide bonds. The summed E-state index contributed by atoms with van der Waals surface area (Å²) in [5, 5.41) is 11.6. The van der Waals surface area contributed by atoms with Gasteiger partial charge in [-0.2, -0.15) is 0 Å². The predicted molar refractivity (Wildman–Crippen MR) is 64.0 cm³/mol. The molecule has 4 N–H and O–H groups in total. The molecule has 0 spiro atoms. The fourth-order valence-electron chi connectivity index (χ4n) is 1.13. The molecule has 15 heavy (non-hydrogen) atoms. The SMILES string of the molecule is CCC(CCO)NC(=O)[C@@H](N)C(C)C.Cl. The van der Waals surface area contributed by atoms with Gasteiger partial charge in [-0.05, 0) is 18.8 Å². The number of amides is 1. The van der Waals surface area contributed by atoms with Gasteiger partial charge in [0.25, 0.3) is 0 Å². The molecule has 0 aromatic heterocycles. The van der Waals surface area contributed by atoms with Crippen molar-refractivity contribution in [1.29, 1.82) is 0 Å². The Bertz CT molecular complexity index is 177. The Morgan fingerprint density at radius 2 is 2.00 bits per heavy atom. The second-order valence-electron chi connectivity index (χ2n) is 3.90. The first-order valence-electron chi connectivity index (χ1n) is 5.19. The lowest BCUT2D eigenvalue weighted by atomic mass is 10.0. The van der Waals surface area contributed by atoms with Crippen LogP contribution in [-0.2, 0) is 4.79 Å². The molecule has 0 bridgehead atoms. The molecule has 0 aliphatic heterocycles. The monoisotopic (exact) mass is 238 g/mol. The quantitative estimate of drug-likeness (QED) is 0.637. The van der Waals surface area contributed by atoms with E-state index in [4.69, 9.17) is 10.8 Å². The number of rotatable bonds is 6. The molecular formula is C10H23ClN2O2. The number of halogens is 1. The summed E-state index contributed by atoms with van der Waals surface area (Å²) in [7, 11) is 0. The smallest absolute Gasteiger partial charge is 0.237 e. The molecular weight excluding hydrogens is 216 g/mol. The Balaban J connectivity index is 0. The Labute approximate surface area is 98.0 Å². The minimum absolute atomic E-state index is 0. The van der Waals surface area contributed by atoms with Crippen molar-refractivity contribution < 1.29 is 9.90 Å². The Kier molecular flexibility index (Phi) is 10.2. The first kappa shape index (κ1) is 17.1. The van der Waals surface area contributed by atoms with E-state index < -0.39 is 6.04 Å². The van der Waals surface area contributed by atoms with Crippen molar-refractivity contribution in [1.82, 2.24) is 5.32 Å². The Hall–Kier alpha value is -0.320. The predicted octanol–water partition coefficient (Wildman–Crippen LogP) is 0.669. The van der Waals surface area contributed by atoms with Gasteiger partial charge in [-0.1, -0.05) is 20.8 Å². The number of hydrogen-bond acceptors (Lipinski definition) is 3. The van der Waals surface area contributed by atoms with Gasteiger partial charge in [0.05, 0.1) is 6.04 Å². The summed E-state index contributed by atoms with van der Waals surface area (Å²) < 4.78 is 0. The van der Waals surface area contributed by atoms with Crippen LogP contribution in [0, 0.1) is 5.92 Å². The van der Waals surface area contributed by atoms with Gasteiger partial charge in [0.15, 0.2) is 0 Å². The van der Waals surface area contributed by atoms with Crippen molar-refractivity contribution in [3.63, 3.8) is 0 Å². The van der Waals surface area contributed by atoms with Crippen LogP contribution in [0.2, 0.25) is 0 Å². The maximum Gasteiger partial charge on any atom is 0.237 e. The molecule has 0 aromatic carbocycles. The van der Waals surface area contributed by atoms with Gasteiger partial charge in [-0.15, -0.1) is 12.4 Å². The Morgan fingerprint density at radius 1 is 1.47 bits per heavy atom. The normalized spacial score (nSPS) is 14.3. The van der Waals surface area contributed by atoms with Gasteiger partial charge in [-0.3, -0.25) is 4.79 Å². The van der Waals surface area contributed by atoms with Crippen LogP contribution in [0.1, 0.15) is 33.6 Å². The van der Waals surface area contributed by atoms with Crippen molar-refractivity contribution in [3.05, 3.63) is 0 Å². The van der Waals surface area contributed by atoms with Crippen molar-refractivity contribution >= 4 is 18.3 Å². The van der Waals surface area contributed by atoms with Crippen molar-refractivity contribution in [3.8, 4) is 0 Å². The second-order valence-corrected chi connectivity index (χ2v) is 3.90. The van der Waals surface area contributed by atoms with Crippen molar-refractivity contribution in [2.75, 3.05) is 6.61 Å². The summed E-state index contributed by atoms with van der Waals surface area (Å²) in [5.74, 6) is 0.0157. The summed E-state index contributed by atoms with van der Waals surface area (Å²) in [6.45, 7) is 5.89. The lowest BCUT2D eigenvalue weighted by Crippen LogP contribution is -2.47. The van der Waals surface area contributed by atoms with Gasteiger partial charge in [0.2, 0.25) is 5.91 Å². The molecule has 0 aliphatic rings. The van der Waals surface area contributed by atoms with E-state index in [9.17, 15) is 4.79 Å². The average Bonchev–Trinajstić information content (AvgIpc) is 2.15. The van der Waals surface area contributed by atoms with E-state index >= 15 is 0 Å². The standard InChI is InChI=1S/C10H22N2O2.ClH/c1-4-8(5-6-13)12-10(14)9(11)7(2)3;/h7-9,13H,4-6,11H2,1-3H3,(H,12,14);1H/t8?,9-;/m0./s1. The molecule has 0 aromatic rings. The highest BCUT2D eigenvalue weighted by Gasteiger charge is 2.19. The van der Waals surface area contributed by atoms with E-state index in [0.29, 0.717) is 6.42 Å². The zero-order chi connectivity index (χ0) is 11.1. The number of aliphatic hydroxyl groups is 1. The summed E-state index contributed by atoms with van der Waals surface area (Å²) in [5.41, 5.74) is 5.68. The molecule has 1 unspecified atom stereocenters. The zero-order valence-corrected chi connectivity index (χ0v) is 10.5. The minimum Gasteiger partial charge on any atom is -0.396 e. The number of hydrogen-bond donors (Lipinski definition) is 3. The molecule has 92 valence electrons. The fourth-order valence-corrected chi connectivity index (χ4v) is 1.13. The highest BCUT2D eigenvalue weighted by Crippen LogP contribution is 2.01. The van der Waals surface area contributed by atoms with Crippen molar-refractivity contribution in [2.24, 2.45) is 11.7 Å². The average molecular weight is 239 g/mol. The molecule has 5 heteroatoms. The first-order chi connectivity index (χ1) is 6.52. The minimum atomic E-state index is -0.456. The van der Waals surface area contributed by atoms with Crippen LogP contribution in [0.25, 0.3) is 0 Å². The van der Waals surface area contributed by atoms with Crippen molar-refractivity contribution in [2.45, 2.75) is 45.7 Å². The number of nitrogens with one attached hydrogen (secondary N) is 1. The lowest BCUT2D eigenvalue weighted by Gasteiger charge is -2.20. The molecule has 4 nitrogen and oxygen atoms in total. The van der Waals surface area contributed by atoms with E-state index in [-0.39, 0.29) is 36.9 Å². The number of carbonyl (C=O) groups excluding carboxylic acids is 1. The van der Waals surface area contributed by atoms with Gasteiger partial charge in [0, 0.05) is 12.6 Å². The van der Waals surface area contributed by atoms with Gasteiger partial charge < -0.3 is 16.2 Å². The third-order valence-corrected chi connectivity index (χ3v) is 2.34. The molecule has 0 heterocycles. The molecule has 2 atom stereocenters. The van der Waals surface area contributed by atoms with Gasteiger partial charge >= 0.3 is 0 Å². The highest BCUT2D eigenvalue weighted by molar-refractivity contribution is 5.85. The number of aliphatic hydroxyl groups excluding tert-OH is 1. The topological polar surface area (TPSA) is 75.3 Å². The maximum atomic E-state index is 11.5. The maximum absolute atomic E-state index is 11.5. The van der Waals surface area contributed by atoms with E-state index in [1.54, 1.807) is 0 Å². The molecule has 0 aliphatic carbocycles. The van der Waals surface area contributed by atoms with Gasteiger partial charge in [-0.25, -0.2) is 0 Å². The summed E-state index contributed by atoms with van der Waals surface area (Å²) in [6, 6.07) is -0.417. The van der Waals surface area contributed by atoms with Gasteiger partial charge in [0.1, 0.15) is 0 Å². The number of carbonyl (C=O) groups is 1. The van der Waals surface area contributed by atoms with E-state index in [2.05, 4.69) is 5.32 Å². The largest absolute Gasteiger partial charge is 0.396 e. The van der Waals surface area contributed by atoms with E-state index in [1.807, 2.05) is 20.8 Å². The molecule has 0 rings (SSSR count). The second kappa shape index (κ2) is 8.95. The summed E-state index contributed by atoms with van der Waals surface area (Å²) >= 11 is 0. The number of nitrogens with two attached hydrogens (primary N) is 1. The summed E-state index contributed by atoms with van der Waals surface area (Å²) in [6.07, 6.45) is 1.41. The zero-order valence-electron chi connectivity index (χ0n) is 9.69. The van der Waals surface area contributed by atoms with Crippen LogP contribution < -0.4 is 11.1 Å². The van der Waals surface area contributed by atoms with E-state index in [1.165, 1.54) is 0 Å². The lowest BCUT2D eigenvalue weighted by molar-refractivity contribution is -0.124. The van der Waals surface area contributed by atoms with E-state index in [0.717, 1.165) is 6.42 Å². The molecule has 0 radical (unpaired) electrons. The molecule has 0 fully saturated rings. The van der Waals surface area contributed by atoms with Crippen LogP contribution in [-0.4, -0.2) is 29.7 Å². The first-order valence-corrected chi connectivity index (χ1v) is 5.19. The van der Waals surface area contributed by atoms with Crippen LogP contribution in [0.4, 0.5) is 0 Å². The van der Waals surface area contributed by atoms with Crippen LogP contribution in [0.5, 0.6) is 0 Å². The highest BCUT2D eigenvalue weighted by atomic mass is 35.5. The van der Waals surface area contributed by atoms with Crippen LogP contribution >= 0.6 is 12.4 Å². The fraction of sp³-hybridized carbons (Fsp3) is 0.900. The third kappa shape index (κ3) is 6.71.